The van der Waals surface area contributed by atoms with Gasteiger partial charge in [0.25, 0.3) is 0 Å². The predicted molar refractivity (Wildman–Crippen MR) is 139 cm³/mol. The van der Waals surface area contributed by atoms with Crippen LogP contribution in [0.1, 0.15) is 46.0 Å². The van der Waals surface area contributed by atoms with E-state index in [0.717, 1.165) is 35.4 Å². The second-order valence-corrected chi connectivity index (χ2v) is 14.4. The monoisotopic (exact) mass is 524 g/mol. The molecule has 39 heavy (non-hydrogen) atoms. The van der Waals surface area contributed by atoms with Gasteiger partial charge in [0.05, 0.1) is 23.9 Å². The third kappa shape index (κ3) is 2.06. The van der Waals surface area contributed by atoms with Crippen LogP contribution < -0.4 is 21.3 Å². The van der Waals surface area contributed by atoms with Crippen LogP contribution in [0.5, 0.6) is 0 Å². The molecule has 4 aliphatic heterocycles. The highest BCUT2D eigenvalue weighted by molar-refractivity contribution is 6.13. The quantitative estimate of drug-likeness (QED) is 0.399. The fourth-order valence-corrected chi connectivity index (χ4v) is 11.0. The molecule has 2 spiro atoms. The number of Topliss-reactive ketones (excluding diaryl/α,β-unsaturated/α-hetero) is 4. The number of carbonyl (C=O) groups excluding carboxylic acids is 4. The lowest BCUT2D eigenvalue weighted by molar-refractivity contribution is -0.206. The lowest BCUT2D eigenvalue weighted by Crippen LogP contribution is -2.72. The maximum atomic E-state index is 13.8. The second kappa shape index (κ2) is 6.08. The summed E-state index contributed by atoms with van der Waals surface area (Å²) in [6, 6.07) is -0.637. The van der Waals surface area contributed by atoms with Crippen LogP contribution in [0.2, 0.25) is 0 Å². The fourth-order valence-electron chi connectivity index (χ4n) is 11.0. The molecular weight excluding hydrogens is 492 g/mol. The molecule has 8 atom stereocenters. The summed E-state index contributed by atoms with van der Waals surface area (Å²) >= 11 is 0. The van der Waals surface area contributed by atoms with Crippen molar-refractivity contribution in [2.45, 2.75) is 70.1 Å². The van der Waals surface area contributed by atoms with Crippen molar-refractivity contribution >= 4 is 23.1 Å². The van der Waals surface area contributed by atoms with Gasteiger partial charge in [0.1, 0.15) is 10.8 Å². The molecule has 0 aromatic rings. The lowest BCUT2D eigenvalue weighted by atomic mass is 9.32. The van der Waals surface area contributed by atoms with E-state index in [-0.39, 0.29) is 47.6 Å². The predicted octanol–water partition coefficient (Wildman–Crippen LogP) is 0.761. The highest BCUT2D eigenvalue weighted by atomic mass is 16.2. The third-order valence-electron chi connectivity index (χ3n) is 12.7. The van der Waals surface area contributed by atoms with Crippen molar-refractivity contribution in [3.8, 4) is 0 Å². The molecule has 7 aliphatic carbocycles. The molecule has 0 radical (unpaired) electrons. The van der Waals surface area contributed by atoms with Crippen LogP contribution >= 0.6 is 0 Å². The zero-order valence-corrected chi connectivity index (χ0v) is 22.2. The molecule has 8 nitrogen and oxygen atoms in total. The molecule has 6 unspecified atom stereocenters. The Morgan fingerprint density at radius 3 is 1.51 bits per heavy atom. The summed E-state index contributed by atoms with van der Waals surface area (Å²) in [6.45, 7) is 5.62. The second-order valence-electron chi connectivity index (χ2n) is 14.4. The SMILES string of the molecule is CC1=C2NCC3C(=O)C23C2=CC(C(=O)C34CC(C(=O)C5C=C6[C@H](CC(C)=C7NCC8C(=O)C678)N5)(C3)C4)N[C@H]2C1. The van der Waals surface area contributed by atoms with E-state index in [0.29, 0.717) is 43.9 Å². The van der Waals surface area contributed by atoms with Crippen LogP contribution in [0.15, 0.2) is 45.8 Å². The Hall–Kier alpha value is -2.84. The largest absolute Gasteiger partial charge is 0.386 e. The van der Waals surface area contributed by atoms with Crippen LogP contribution in [0.4, 0.5) is 0 Å². The van der Waals surface area contributed by atoms with Crippen LogP contribution in [-0.2, 0) is 19.2 Å². The van der Waals surface area contributed by atoms with Crippen molar-refractivity contribution in [1.82, 2.24) is 21.3 Å². The van der Waals surface area contributed by atoms with Crippen molar-refractivity contribution in [1.29, 1.82) is 0 Å². The van der Waals surface area contributed by atoms with E-state index < -0.39 is 21.7 Å². The van der Waals surface area contributed by atoms with E-state index in [4.69, 9.17) is 0 Å². The number of fused-ring (bicyclic) bond motifs is 2. The van der Waals surface area contributed by atoms with Gasteiger partial charge in [-0.2, -0.15) is 0 Å². The lowest BCUT2D eigenvalue weighted by Gasteiger charge is -2.69. The van der Waals surface area contributed by atoms with Crippen molar-refractivity contribution in [3.05, 3.63) is 45.8 Å². The Kier molecular flexibility index (Phi) is 3.42. The molecule has 5 saturated carbocycles. The van der Waals surface area contributed by atoms with Crippen molar-refractivity contribution in [2.75, 3.05) is 13.1 Å². The topological polar surface area (TPSA) is 116 Å². The molecule has 7 fully saturated rings. The standard InChI is InChI=1S/C31H32N4O4/c1-12-3-18-14(30-16(24(30)36)7-32-22(12)30)5-20(34-18)26(38)28-9-29(10-28,11-28)27(39)21-6-15-19(35-21)4-13(2)23-31(15)17(8-33-23)25(31)37/h5-6,16-21,32-35H,3-4,7-11H2,1-2H3/t16?,17?,18-,19-,20?,21?,28?,29?,30?,31?/m0/s1. The summed E-state index contributed by atoms with van der Waals surface area (Å²) in [6.07, 6.45) is 7.68. The molecule has 0 aromatic carbocycles. The minimum Gasteiger partial charge on any atom is -0.386 e. The zero-order valence-electron chi connectivity index (χ0n) is 22.2. The maximum Gasteiger partial charge on any atom is 0.159 e. The third-order valence-corrected chi connectivity index (χ3v) is 12.7. The number of rotatable bonds is 4. The van der Waals surface area contributed by atoms with Gasteiger partial charge in [0.2, 0.25) is 0 Å². The van der Waals surface area contributed by atoms with Crippen molar-refractivity contribution < 1.29 is 19.2 Å². The molecule has 2 bridgehead atoms. The number of ketones is 4. The van der Waals surface area contributed by atoms with Crippen LogP contribution in [0.3, 0.4) is 0 Å². The van der Waals surface area contributed by atoms with E-state index in [1.54, 1.807) is 0 Å². The van der Waals surface area contributed by atoms with Gasteiger partial charge in [-0.15, -0.1) is 0 Å². The van der Waals surface area contributed by atoms with Crippen molar-refractivity contribution in [3.63, 3.8) is 0 Å². The first-order chi connectivity index (χ1) is 18.7. The Labute approximate surface area is 226 Å². The Balaban J connectivity index is 0.875. The summed E-state index contributed by atoms with van der Waals surface area (Å²) in [7, 11) is 0. The number of nitrogens with one attached hydrogen (secondary N) is 4. The van der Waals surface area contributed by atoms with Gasteiger partial charge < -0.3 is 10.6 Å². The Morgan fingerprint density at radius 1 is 0.718 bits per heavy atom. The Morgan fingerprint density at radius 2 is 1.13 bits per heavy atom. The van der Waals surface area contributed by atoms with Gasteiger partial charge in [-0.05, 0) is 57.1 Å². The molecule has 2 saturated heterocycles. The van der Waals surface area contributed by atoms with E-state index in [2.05, 4.69) is 47.3 Å². The summed E-state index contributed by atoms with van der Waals surface area (Å²) in [5.41, 5.74) is 5.03. The number of hydrogen-bond acceptors (Lipinski definition) is 8. The first-order valence-electron chi connectivity index (χ1n) is 14.7. The smallest absolute Gasteiger partial charge is 0.159 e. The number of hydrogen-bond donors (Lipinski definition) is 4. The number of allylic oxidation sites excluding steroid dienone is 2. The summed E-state index contributed by atoms with van der Waals surface area (Å²) in [5, 5.41) is 14.1. The van der Waals surface area contributed by atoms with E-state index >= 15 is 0 Å². The van der Waals surface area contributed by atoms with Crippen molar-refractivity contribution in [2.24, 2.45) is 33.5 Å². The highest BCUT2D eigenvalue weighted by Gasteiger charge is 2.78. The van der Waals surface area contributed by atoms with E-state index in [1.807, 2.05) is 0 Å². The molecule has 4 N–H and O–H groups in total. The number of piperidine rings is 2. The summed E-state index contributed by atoms with van der Waals surface area (Å²) in [4.78, 5) is 53.4. The van der Waals surface area contributed by atoms with Gasteiger partial charge in [-0.3, -0.25) is 29.8 Å². The van der Waals surface area contributed by atoms with Gasteiger partial charge in [-0.25, -0.2) is 0 Å². The molecule has 4 heterocycles. The molecule has 11 aliphatic rings. The molecule has 0 aromatic heterocycles. The highest BCUT2D eigenvalue weighted by Crippen LogP contribution is 2.75. The number of carbonyl (C=O) groups is 4. The summed E-state index contributed by atoms with van der Waals surface area (Å²) < 4.78 is 0. The first kappa shape index (κ1) is 21.9. The molecule has 8 heteroatoms. The van der Waals surface area contributed by atoms with Gasteiger partial charge in [0.15, 0.2) is 23.1 Å². The molecule has 200 valence electrons. The van der Waals surface area contributed by atoms with Gasteiger partial charge >= 0.3 is 0 Å². The van der Waals surface area contributed by atoms with Gasteiger partial charge in [0, 0.05) is 47.4 Å². The molecular formula is C31H32N4O4. The van der Waals surface area contributed by atoms with Crippen LogP contribution in [-0.4, -0.2) is 60.4 Å². The molecule has 11 rings (SSSR count). The zero-order chi connectivity index (χ0) is 26.4. The van der Waals surface area contributed by atoms with E-state index in [1.165, 1.54) is 11.1 Å². The van der Waals surface area contributed by atoms with Gasteiger partial charge in [-0.1, -0.05) is 23.3 Å². The fraction of sp³-hybridized carbons (Fsp3) is 0.613. The van der Waals surface area contributed by atoms with Crippen LogP contribution in [0.25, 0.3) is 0 Å². The average molecular weight is 525 g/mol. The minimum atomic E-state index is -0.493. The average Bonchev–Trinajstić information content (AvgIpc) is 3.36. The maximum absolute atomic E-state index is 13.8. The van der Waals surface area contributed by atoms with Crippen LogP contribution in [0, 0.1) is 33.5 Å². The Bertz CT molecular complexity index is 1430. The van der Waals surface area contributed by atoms with E-state index in [9.17, 15) is 19.2 Å². The minimum absolute atomic E-state index is 0.0237. The summed E-state index contributed by atoms with van der Waals surface area (Å²) in [5.74, 6) is 1.05. The first-order valence-corrected chi connectivity index (χ1v) is 14.7. The normalized spacial score (nSPS) is 52.2. The molecule has 0 amide bonds.